The highest BCUT2D eigenvalue weighted by molar-refractivity contribution is 5.66. The lowest BCUT2D eigenvalue weighted by atomic mass is 10.0. The SMILES string of the molecule is Fc1ccc(N2CCN(c3nccc(N4CCCc5ccccc54)n3)CC2)cc1. The fourth-order valence-electron chi connectivity index (χ4n) is 4.23. The van der Waals surface area contributed by atoms with Gasteiger partial charge >= 0.3 is 0 Å². The molecule has 2 aliphatic heterocycles. The van der Waals surface area contributed by atoms with Gasteiger partial charge in [0.25, 0.3) is 0 Å². The minimum Gasteiger partial charge on any atom is -0.368 e. The Kier molecular flexibility index (Phi) is 4.76. The van der Waals surface area contributed by atoms with Crippen LogP contribution in [-0.4, -0.2) is 42.7 Å². The van der Waals surface area contributed by atoms with Crippen molar-refractivity contribution >= 4 is 23.1 Å². The summed E-state index contributed by atoms with van der Waals surface area (Å²) in [6.45, 7) is 4.40. The number of aryl methyl sites for hydroxylation is 1. The van der Waals surface area contributed by atoms with E-state index in [9.17, 15) is 4.39 Å². The van der Waals surface area contributed by atoms with Crippen LogP contribution >= 0.6 is 0 Å². The van der Waals surface area contributed by atoms with E-state index in [1.165, 1.54) is 23.4 Å². The van der Waals surface area contributed by atoms with Crippen LogP contribution in [0.5, 0.6) is 0 Å². The summed E-state index contributed by atoms with van der Waals surface area (Å²) < 4.78 is 13.2. The van der Waals surface area contributed by atoms with E-state index in [4.69, 9.17) is 4.98 Å². The molecule has 1 fully saturated rings. The Labute approximate surface area is 170 Å². The van der Waals surface area contributed by atoms with Gasteiger partial charge in [-0.05, 0) is 54.8 Å². The third-order valence-corrected chi connectivity index (χ3v) is 5.77. The van der Waals surface area contributed by atoms with E-state index in [0.29, 0.717) is 0 Å². The van der Waals surface area contributed by atoms with Crippen molar-refractivity contribution < 1.29 is 4.39 Å². The zero-order chi connectivity index (χ0) is 19.6. The number of rotatable bonds is 3. The highest BCUT2D eigenvalue weighted by Crippen LogP contribution is 2.32. The van der Waals surface area contributed by atoms with Crippen molar-refractivity contribution in [1.82, 2.24) is 9.97 Å². The van der Waals surface area contributed by atoms with E-state index in [-0.39, 0.29) is 5.82 Å². The number of para-hydroxylation sites is 1. The summed E-state index contributed by atoms with van der Waals surface area (Å²) in [6, 6.07) is 17.3. The number of aromatic nitrogens is 2. The predicted molar refractivity (Wildman–Crippen MR) is 115 cm³/mol. The van der Waals surface area contributed by atoms with Gasteiger partial charge in [-0.25, -0.2) is 9.37 Å². The van der Waals surface area contributed by atoms with Crippen molar-refractivity contribution in [2.45, 2.75) is 12.8 Å². The topological polar surface area (TPSA) is 35.5 Å². The first-order chi connectivity index (χ1) is 14.3. The largest absolute Gasteiger partial charge is 0.368 e. The molecule has 3 aromatic rings. The molecule has 0 radical (unpaired) electrons. The third kappa shape index (κ3) is 3.62. The van der Waals surface area contributed by atoms with E-state index < -0.39 is 0 Å². The average Bonchev–Trinajstić information content (AvgIpc) is 2.79. The smallest absolute Gasteiger partial charge is 0.227 e. The standard InChI is InChI=1S/C23H24FN5/c24-19-7-9-20(10-8-19)27-14-16-28(17-15-27)23-25-12-11-22(26-23)29-13-3-5-18-4-1-2-6-21(18)29/h1-2,4,6-12H,3,5,13-17H2. The molecule has 2 aromatic carbocycles. The number of piperazine rings is 1. The first-order valence-corrected chi connectivity index (χ1v) is 10.2. The van der Waals surface area contributed by atoms with Crippen LogP contribution in [0.2, 0.25) is 0 Å². The van der Waals surface area contributed by atoms with Crippen LogP contribution in [0.3, 0.4) is 0 Å². The summed E-state index contributed by atoms with van der Waals surface area (Å²) in [6.07, 6.45) is 4.11. The minimum absolute atomic E-state index is 0.197. The molecule has 5 rings (SSSR count). The molecular formula is C23H24FN5. The number of benzene rings is 2. The van der Waals surface area contributed by atoms with Gasteiger partial charge in [0.15, 0.2) is 0 Å². The lowest BCUT2D eigenvalue weighted by Crippen LogP contribution is -2.47. The van der Waals surface area contributed by atoms with E-state index >= 15 is 0 Å². The maximum absolute atomic E-state index is 13.2. The lowest BCUT2D eigenvalue weighted by molar-refractivity contribution is 0.623. The normalized spacial score (nSPS) is 16.7. The highest BCUT2D eigenvalue weighted by Gasteiger charge is 2.22. The molecule has 0 saturated carbocycles. The Bertz CT molecular complexity index is 983. The maximum atomic E-state index is 13.2. The van der Waals surface area contributed by atoms with Crippen molar-refractivity contribution in [1.29, 1.82) is 0 Å². The fourth-order valence-corrected chi connectivity index (χ4v) is 4.23. The van der Waals surface area contributed by atoms with Crippen molar-refractivity contribution in [2.24, 2.45) is 0 Å². The summed E-state index contributed by atoms with van der Waals surface area (Å²) in [5.74, 6) is 1.55. The zero-order valence-corrected chi connectivity index (χ0v) is 16.3. The number of hydrogen-bond acceptors (Lipinski definition) is 5. The fraction of sp³-hybridized carbons (Fsp3) is 0.304. The summed E-state index contributed by atoms with van der Waals surface area (Å²) in [4.78, 5) is 16.3. The Balaban J connectivity index is 1.32. The van der Waals surface area contributed by atoms with Crippen molar-refractivity contribution in [3.8, 4) is 0 Å². The number of anilines is 4. The van der Waals surface area contributed by atoms with Gasteiger partial charge in [0.05, 0.1) is 0 Å². The number of halogens is 1. The van der Waals surface area contributed by atoms with Gasteiger partial charge in [0.1, 0.15) is 11.6 Å². The molecule has 3 heterocycles. The number of nitrogens with zero attached hydrogens (tertiary/aromatic N) is 5. The van der Waals surface area contributed by atoms with Crippen molar-refractivity contribution in [2.75, 3.05) is 47.4 Å². The molecule has 2 aliphatic rings. The van der Waals surface area contributed by atoms with E-state index in [0.717, 1.165) is 63.0 Å². The second kappa shape index (κ2) is 7.70. The first-order valence-electron chi connectivity index (χ1n) is 10.2. The Morgan fingerprint density at radius 3 is 2.38 bits per heavy atom. The van der Waals surface area contributed by atoms with Crippen molar-refractivity contribution in [3.05, 3.63) is 72.2 Å². The van der Waals surface area contributed by atoms with Crippen LogP contribution < -0.4 is 14.7 Å². The van der Waals surface area contributed by atoms with E-state index in [1.807, 2.05) is 24.4 Å². The maximum Gasteiger partial charge on any atom is 0.227 e. The third-order valence-electron chi connectivity index (χ3n) is 5.77. The zero-order valence-electron chi connectivity index (χ0n) is 16.3. The molecule has 5 nitrogen and oxygen atoms in total. The summed E-state index contributed by atoms with van der Waals surface area (Å²) in [5.41, 5.74) is 3.70. The molecule has 0 aliphatic carbocycles. The summed E-state index contributed by atoms with van der Waals surface area (Å²) in [7, 11) is 0. The molecule has 29 heavy (non-hydrogen) atoms. The second-order valence-electron chi connectivity index (χ2n) is 7.55. The Morgan fingerprint density at radius 2 is 1.55 bits per heavy atom. The van der Waals surface area contributed by atoms with Crippen LogP contribution in [0.4, 0.5) is 27.5 Å². The lowest BCUT2D eigenvalue weighted by Gasteiger charge is -2.36. The predicted octanol–water partition coefficient (Wildman–Crippen LogP) is 4.03. The van der Waals surface area contributed by atoms with Crippen LogP contribution in [0, 0.1) is 5.82 Å². The highest BCUT2D eigenvalue weighted by atomic mass is 19.1. The van der Waals surface area contributed by atoms with Gasteiger partial charge in [0, 0.05) is 50.3 Å². The quantitative estimate of drug-likeness (QED) is 0.676. The molecule has 0 amide bonds. The molecule has 0 N–H and O–H groups in total. The Morgan fingerprint density at radius 1 is 0.793 bits per heavy atom. The monoisotopic (exact) mass is 389 g/mol. The number of fused-ring (bicyclic) bond motifs is 1. The van der Waals surface area contributed by atoms with Crippen LogP contribution in [0.15, 0.2) is 60.8 Å². The van der Waals surface area contributed by atoms with Crippen LogP contribution in [0.1, 0.15) is 12.0 Å². The van der Waals surface area contributed by atoms with Gasteiger partial charge in [-0.1, -0.05) is 18.2 Å². The first kappa shape index (κ1) is 17.9. The van der Waals surface area contributed by atoms with Crippen molar-refractivity contribution in [3.63, 3.8) is 0 Å². The van der Waals surface area contributed by atoms with E-state index in [1.54, 1.807) is 0 Å². The van der Waals surface area contributed by atoms with Gasteiger partial charge in [-0.15, -0.1) is 0 Å². The molecule has 0 unspecified atom stereocenters. The van der Waals surface area contributed by atoms with Gasteiger partial charge in [0.2, 0.25) is 5.95 Å². The molecule has 0 bridgehead atoms. The minimum atomic E-state index is -0.197. The van der Waals surface area contributed by atoms with Gasteiger partial charge in [-0.3, -0.25) is 0 Å². The van der Waals surface area contributed by atoms with Gasteiger partial charge < -0.3 is 14.7 Å². The van der Waals surface area contributed by atoms with E-state index in [2.05, 4.69) is 43.9 Å². The molecule has 0 atom stereocenters. The summed E-state index contributed by atoms with van der Waals surface area (Å²) >= 11 is 0. The van der Waals surface area contributed by atoms with Gasteiger partial charge in [-0.2, -0.15) is 4.98 Å². The molecule has 6 heteroatoms. The number of hydrogen-bond donors (Lipinski definition) is 0. The molecule has 148 valence electrons. The molecule has 1 saturated heterocycles. The molecule has 1 aromatic heterocycles. The van der Waals surface area contributed by atoms with Crippen LogP contribution in [-0.2, 0) is 6.42 Å². The average molecular weight is 389 g/mol. The molecular weight excluding hydrogens is 365 g/mol. The second-order valence-corrected chi connectivity index (χ2v) is 7.55. The Hall–Kier alpha value is -3.15. The van der Waals surface area contributed by atoms with Crippen LogP contribution in [0.25, 0.3) is 0 Å². The molecule has 0 spiro atoms. The summed E-state index contributed by atoms with van der Waals surface area (Å²) in [5, 5.41) is 0.